The zero-order valence-corrected chi connectivity index (χ0v) is 20.8. The number of carbonyl (C=O) groups is 1. The first-order chi connectivity index (χ1) is 15.4. The molecule has 0 saturated carbocycles. The molecule has 0 bridgehead atoms. The van der Waals surface area contributed by atoms with Crippen molar-refractivity contribution >= 4 is 51.3 Å². The lowest BCUT2D eigenvalue weighted by atomic mass is 10.2. The third-order valence-corrected chi connectivity index (χ3v) is 6.22. The van der Waals surface area contributed by atoms with Gasteiger partial charge in [-0.15, -0.1) is 10.2 Å². The number of methoxy groups -OCH3 is 1. The summed E-state index contributed by atoms with van der Waals surface area (Å²) in [5.41, 5.74) is 1.49. The predicted molar refractivity (Wildman–Crippen MR) is 129 cm³/mol. The molecule has 0 aliphatic carbocycles. The minimum absolute atomic E-state index is 0.0919. The molecule has 0 aliphatic rings. The summed E-state index contributed by atoms with van der Waals surface area (Å²) in [6.07, 6.45) is 1.57. The quantitative estimate of drug-likeness (QED) is 0.264. The van der Waals surface area contributed by atoms with Crippen LogP contribution in [-0.4, -0.2) is 39.6 Å². The van der Waals surface area contributed by atoms with Gasteiger partial charge in [0.1, 0.15) is 4.91 Å². The van der Waals surface area contributed by atoms with Gasteiger partial charge < -0.3 is 19.1 Å². The number of carboxylic acid groups (broad SMARTS) is 1. The fourth-order valence-electron chi connectivity index (χ4n) is 2.98. The number of ether oxygens (including phenoxy) is 2. The van der Waals surface area contributed by atoms with Crippen LogP contribution in [0.4, 0.5) is 0 Å². The third kappa shape index (κ3) is 5.46. The highest BCUT2D eigenvalue weighted by molar-refractivity contribution is 9.10. The first-order valence-corrected chi connectivity index (χ1v) is 11.7. The number of carboxylic acids is 1. The van der Waals surface area contributed by atoms with Gasteiger partial charge in [0, 0.05) is 17.1 Å². The highest BCUT2D eigenvalue weighted by atomic mass is 79.9. The number of hydrogen-bond acceptors (Lipinski definition) is 6. The monoisotopic (exact) mass is 537 g/mol. The van der Waals surface area contributed by atoms with Crippen LogP contribution in [0.5, 0.6) is 11.5 Å². The van der Waals surface area contributed by atoms with E-state index in [9.17, 15) is 9.90 Å². The second kappa shape index (κ2) is 10.9. The minimum Gasteiger partial charge on any atom is -0.492 e. The van der Waals surface area contributed by atoms with Crippen LogP contribution in [-0.2, 0) is 11.3 Å². The Morgan fingerprint density at radius 2 is 1.97 bits per heavy atom. The normalized spacial score (nSPS) is 11.5. The van der Waals surface area contributed by atoms with Crippen LogP contribution in [0, 0.1) is 0 Å². The van der Waals surface area contributed by atoms with Gasteiger partial charge in [-0.2, -0.15) is 0 Å². The van der Waals surface area contributed by atoms with E-state index in [1.807, 2.05) is 30.5 Å². The first-order valence-electron chi connectivity index (χ1n) is 9.70. The third-order valence-electron chi connectivity index (χ3n) is 4.38. The van der Waals surface area contributed by atoms with Crippen molar-refractivity contribution in [2.75, 3.05) is 13.7 Å². The van der Waals surface area contributed by atoms with Gasteiger partial charge in [0.15, 0.2) is 22.5 Å². The van der Waals surface area contributed by atoms with E-state index in [-0.39, 0.29) is 4.91 Å². The maximum Gasteiger partial charge on any atom is 0.342 e. The van der Waals surface area contributed by atoms with Crippen molar-refractivity contribution in [3.63, 3.8) is 0 Å². The number of hydrogen-bond donors (Lipinski definition) is 1. The Bertz CT molecular complexity index is 1150. The number of halogens is 2. The van der Waals surface area contributed by atoms with Crippen molar-refractivity contribution in [3.05, 3.63) is 56.4 Å². The predicted octanol–water partition coefficient (Wildman–Crippen LogP) is 6.01. The van der Waals surface area contributed by atoms with E-state index in [2.05, 4.69) is 26.1 Å². The number of aliphatic carboxylic acids is 1. The number of benzene rings is 2. The molecule has 0 amide bonds. The molecular weight excluding hydrogens is 518 g/mol. The minimum atomic E-state index is -1.07. The smallest absolute Gasteiger partial charge is 0.342 e. The lowest BCUT2D eigenvalue weighted by molar-refractivity contribution is -0.131. The van der Waals surface area contributed by atoms with Gasteiger partial charge in [-0.1, -0.05) is 11.6 Å². The Hall–Kier alpha value is -2.49. The van der Waals surface area contributed by atoms with Crippen molar-refractivity contribution in [3.8, 4) is 22.9 Å². The topological polar surface area (TPSA) is 86.5 Å². The molecule has 0 radical (unpaired) electrons. The molecule has 10 heteroatoms. The van der Waals surface area contributed by atoms with E-state index in [0.29, 0.717) is 50.7 Å². The summed E-state index contributed by atoms with van der Waals surface area (Å²) in [5, 5.41) is 19.4. The number of nitrogens with zero attached hydrogens (tertiary/aromatic N) is 3. The van der Waals surface area contributed by atoms with Crippen molar-refractivity contribution in [1.29, 1.82) is 0 Å². The Morgan fingerprint density at radius 3 is 2.56 bits per heavy atom. The molecule has 1 N–H and O–H groups in total. The number of aromatic nitrogens is 3. The molecule has 168 valence electrons. The van der Waals surface area contributed by atoms with Gasteiger partial charge in [0.05, 0.1) is 18.2 Å². The van der Waals surface area contributed by atoms with Crippen molar-refractivity contribution < 1.29 is 19.4 Å². The van der Waals surface area contributed by atoms with E-state index in [1.54, 1.807) is 37.5 Å². The van der Waals surface area contributed by atoms with Crippen LogP contribution >= 0.6 is 39.3 Å². The molecule has 32 heavy (non-hydrogen) atoms. The van der Waals surface area contributed by atoms with Gasteiger partial charge in [-0.25, -0.2) is 4.79 Å². The molecule has 7 nitrogen and oxygen atoms in total. The molecule has 2 aromatic carbocycles. The number of rotatable bonds is 9. The molecule has 0 saturated heterocycles. The average Bonchev–Trinajstić information content (AvgIpc) is 3.16. The Kier molecular flexibility index (Phi) is 8.22. The van der Waals surface area contributed by atoms with Gasteiger partial charge in [-0.3, -0.25) is 0 Å². The first kappa shape index (κ1) is 24.2. The fraction of sp³-hybridized carbons (Fsp3) is 0.227. The Morgan fingerprint density at radius 1 is 1.25 bits per heavy atom. The lowest BCUT2D eigenvalue weighted by Gasteiger charge is -2.12. The van der Waals surface area contributed by atoms with Crippen LogP contribution in [0.3, 0.4) is 0 Å². The van der Waals surface area contributed by atoms with E-state index in [0.717, 1.165) is 17.3 Å². The highest BCUT2D eigenvalue weighted by Crippen LogP contribution is 2.38. The summed E-state index contributed by atoms with van der Waals surface area (Å²) >= 11 is 10.5. The zero-order valence-electron chi connectivity index (χ0n) is 17.6. The molecule has 1 aromatic heterocycles. The maximum absolute atomic E-state index is 12.0. The van der Waals surface area contributed by atoms with Crippen LogP contribution in [0.15, 0.2) is 50.9 Å². The Balaban J connectivity index is 1.98. The van der Waals surface area contributed by atoms with Crippen LogP contribution in [0.25, 0.3) is 17.5 Å². The van der Waals surface area contributed by atoms with Gasteiger partial charge in [-0.05, 0) is 89.6 Å². The van der Waals surface area contributed by atoms with E-state index in [1.165, 1.54) is 0 Å². The SMILES string of the molecule is CCOc1cc(/C=C(\Sc2nnc(-c3ccc(Cl)cc3)n2CC)C(=O)O)cc(Br)c1OC. The van der Waals surface area contributed by atoms with Crippen LogP contribution < -0.4 is 9.47 Å². The van der Waals surface area contributed by atoms with Crippen molar-refractivity contribution in [2.24, 2.45) is 0 Å². The molecular formula is C22H21BrClN3O4S. The summed E-state index contributed by atoms with van der Waals surface area (Å²) in [7, 11) is 1.55. The molecule has 3 rings (SSSR count). The summed E-state index contributed by atoms with van der Waals surface area (Å²) in [6, 6.07) is 10.8. The molecule has 1 heterocycles. The molecule has 0 aliphatic heterocycles. The lowest BCUT2D eigenvalue weighted by Crippen LogP contribution is -2.03. The molecule has 3 aromatic rings. The highest BCUT2D eigenvalue weighted by Gasteiger charge is 2.19. The second-order valence-corrected chi connectivity index (χ2v) is 8.74. The summed E-state index contributed by atoms with van der Waals surface area (Å²) < 4.78 is 13.5. The average molecular weight is 539 g/mol. The standard InChI is InChI=1S/C22H21BrClN3O4S/c1-4-27-20(14-6-8-15(24)9-7-14)25-26-22(27)32-18(21(28)29)12-13-10-16(23)19(30-3)17(11-13)31-5-2/h6-12H,4-5H2,1-3H3,(H,28,29)/b18-12-. The van der Waals surface area contributed by atoms with E-state index < -0.39 is 5.97 Å². The molecule has 0 atom stereocenters. The van der Waals surface area contributed by atoms with Gasteiger partial charge in [0.2, 0.25) is 0 Å². The van der Waals surface area contributed by atoms with Crippen LogP contribution in [0.2, 0.25) is 5.02 Å². The fourth-order valence-corrected chi connectivity index (χ4v) is 4.61. The molecule has 0 spiro atoms. The zero-order chi connectivity index (χ0) is 23.3. The van der Waals surface area contributed by atoms with Crippen molar-refractivity contribution in [1.82, 2.24) is 14.8 Å². The van der Waals surface area contributed by atoms with Gasteiger partial charge >= 0.3 is 5.97 Å². The summed E-state index contributed by atoms with van der Waals surface area (Å²) in [4.78, 5) is 12.1. The van der Waals surface area contributed by atoms with Crippen LogP contribution in [0.1, 0.15) is 19.4 Å². The summed E-state index contributed by atoms with van der Waals surface area (Å²) in [6.45, 7) is 4.84. The van der Waals surface area contributed by atoms with Crippen molar-refractivity contribution in [2.45, 2.75) is 25.5 Å². The molecule has 0 unspecified atom stereocenters. The second-order valence-electron chi connectivity index (χ2n) is 6.44. The Labute approximate surface area is 203 Å². The summed E-state index contributed by atoms with van der Waals surface area (Å²) in [5.74, 6) is 0.639. The largest absolute Gasteiger partial charge is 0.492 e. The van der Waals surface area contributed by atoms with E-state index in [4.69, 9.17) is 21.1 Å². The maximum atomic E-state index is 12.0. The van der Waals surface area contributed by atoms with Gasteiger partial charge in [0.25, 0.3) is 0 Å². The molecule has 0 fully saturated rings. The van der Waals surface area contributed by atoms with E-state index >= 15 is 0 Å². The number of thioether (sulfide) groups is 1.